The van der Waals surface area contributed by atoms with E-state index in [9.17, 15) is 9.59 Å². The van der Waals surface area contributed by atoms with Crippen molar-refractivity contribution in [2.45, 2.75) is 45.0 Å². The quantitative estimate of drug-likeness (QED) is 0.332. The van der Waals surface area contributed by atoms with Crippen molar-refractivity contribution in [2.24, 2.45) is 0 Å². The number of hydrogen-bond donors (Lipinski definition) is 1. The summed E-state index contributed by atoms with van der Waals surface area (Å²) in [6.07, 6.45) is 1.90. The Morgan fingerprint density at radius 3 is 2.74 bits per heavy atom. The zero-order chi connectivity index (χ0) is 26.5. The van der Waals surface area contributed by atoms with Crippen LogP contribution in [-0.4, -0.2) is 58.1 Å². The van der Waals surface area contributed by atoms with E-state index in [-0.39, 0.29) is 31.0 Å². The summed E-state index contributed by atoms with van der Waals surface area (Å²) in [6, 6.07) is 16.2. The van der Waals surface area contributed by atoms with E-state index >= 15 is 0 Å². The number of aryl methyl sites for hydroxylation is 1. The Kier molecular flexibility index (Phi) is 8.00. The summed E-state index contributed by atoms with van der Waals surface area (Å²) in [5.74, 6) is 0.263. The van der Waals surface area contributed by atoms with Crippen molar-refractivity contribution in [3.05, 3.63) is 76.0 Å². The van der Waals surface area contributed by atoms with E-state index < -0.39 is 6.04 Å². The maximum absolute atomic E-state index is 14.0. The van der Waals surface area contributed by atoms with Gasteiger partial charge in [-0.2, -0.15) is 0 Å². The zero-order valence-electron chi connectivity index (χ0n) is 21.5. The van der Waals surface area contributed by atoms with Gasteiger partial charge in [0.15, 0.2) is 0 Å². The van der Waals surface area contributed by atoms with Crippen molar-refractivity contribution in [1.29, 1.82) is 0 Å². The second-order valence-electron chi connectivity index (χ2n) is 9.36. The van der Waals surface area contributed by atoms with Gasteiger partial charge in [0.05, 0.1) is 18.7 Å². The first-order valence-electron chi connectivity index (χ1n) is 12.7. The normalized spacial score (nSPS) is 15.9. The minimum Gasteiger partial charge on any atom is -0.497 e. The second-order valence-corrected chi connectivity index (χ2v) is 10.3. The van der Waals surface area contributed by atoms with Gasteiger partial charge in [0.2, 0.25) is 11.8 Å². The van der Waals surface area contributed by atoms with Gasteiger partial charge in [0, 0.05) is 24.6 Å². The predicted octanol–water partition coefficient (Wildman–Crippen LogP) is 3.88. The average Bonchev–Trinajstić information content (AvgIpc) is 3.70. The minimum atomic E-state index is -0.805. The van der Waals surface area contributed by atoms with Crippen LogP contribution in [0.25, 0.3) is 11.0 Å². The maximum Gasteiger partial charge on any atom is 0.248 e. The fourth-order valence-electron chi connectivity index (χ4n) is 4.69. The molecule has 1 aliphatic heterocycles. The Hall–Kier alpha value is -3.76. The van der Waals surface area contributed by atoms with E-state index in [1.54, 1.807) is 16.7 Å². The highest BCUT2D eigenvalue weighted by molar-refractivity contribution is 7.10. The number of amides is 2. The molecule has 0 bridgehead atoms. The maximum atomic E-state index is 14.0. The highest BCUT2D eigenvalue weighted by Crippen LogP contribution is 2.31. The summed E-state index contributed by atoms with van der Waals surface area (Å²) in [7, 11) is 1.61. The SMILES string of the molecule is COc1ccc(CN(C(=O)Cn2nnc3ccccc32)[C@@H](C(=O)NC[C@H]2CCCO2)c2sccc2C)cc1. The molecule has 0 saturated carbocycles. The Morgan fingerprint density at radius 2 is 2.03 bits per heavy atom. The molecule has 9 nitrogen and oxygen atoms in total. The highest BCUT2D eigenvalue weighted by atomic mass is 32.1. The molecule has 0 unspecified atom stereocenters. The van der Waals surface area contributed by atoms with Gasteiger partial charge < -0.3 is 19.7 Å². The van der Waals surface area contributed by atoms with Gasteiger partial charge >= 0.3 is 0 Å². The molecule has 3 heterocycles. The molecule has 38 heavy (non-hydrogen) atoms. The number of methoxy groups -OCH3 is 1. The number of hydrogen-bond acceptors (Lipinski definition) is 7. The van der Waals surface area contributed by atoms with Gasteiger partial charge in [-0.05, 0) is 66.6 Å². The molecular formula is C28H31N5O4S. The Morgan fingerprint density at radius 1 is 1.21 bits per heavy atom. The molecule has 2 aromatic heterocycles. The molecule has 2 amide bonds. The van der Waals surface area contributed by atoms with Crippen LogP contribution in [0.1, 0.15) is 34.9 Å². The molecule has 1 saturated heterocycles. The Labute approximate surface area is 225 Å². The van der Waals surface area contributed by atoms with Crippen molar-refractivity contribution in [2.75, 3.05) is 20.3 Å². The number of aromatic nitrogens is 3. The summed E-state index contributed by atoms with van der Waals surface area (Å²) < 4.78 is 12.6. The summed E-state index contributed by atoms with van der Waals surface area (Å²) in [4.78, 5) is 30.3. The lowest BCUT2D eigenvalue weighted by Gasteiger charge is -2.31. The molecule has 2 atom stereocenters. The van der Waals surface area contributed by atoms with Crippen LogP contribution in [0.5, 0.6) is 5.75 Å². The number of carbonyl (C=O) groups excluding carboxylic acids is 2. The van der Waals surface area contributed by atoms with Gasteiger partial charge in [-0.25, -0.2) is 4.68 Å². The van der Waals surface area contributed by atoms with E-state index in [1.165, 1.54) is 11.3 Å². The van der Waals surface area contributed by atoms with Crippen LogP contribution in [0.4, 0.5) is 0 Å². The van der Waals surface area contributed by atoms with Crippen LogP contribution >= 0.6 is 11.3 Å². The first kappa shape index (κ1) is 25.9. The zero-order valence-corrected chi connectivity index (χ0v) is 22.3. The Bertz CT molecular complexity index is 1390. The van der Waals surface area contributed by atoms with Crippen LogP contribution < -0.4 is 10.1 Å². The molecule has 1 N–H and O–H groups in total. The standard InChI is InChI=1S/C28H31N5O4S/c1-19-13-15-38-27(19)26(28(35)29-16-22-6-5-14-37-22)32(17-20-9-11-21(36-2)12-10-20)25(34)18-33-24-8-4-3-7-23(24)30-31-33/h3-4,7-13,15,22,26H,5-6,14,16-18H2,1-2H3,(H,29,35)/t22-,26-/m1/s1. The van der Waals surface area contributed by atoms with E-state index in [4.69, 9.17) is 9.47 Å². The van der Waals surface area contributed by atoms with Crippen LogP contribution in [-0.2, 0) is 27.4 Å². The third kappa shape index (κ3) is 5.71. The summed E-state index contributed by atoms with van der Waals surface area (Å²) >= 11 is 1.48. The van der Waals surface area contributed by atoms with E-state index in [2.05, 4.69) is 15.6 Å². The van der Waals surface area contributed by atoms with Crippen LogP contribution in [0.2, 0.25) is 0 Å². The molecule has 10 heteroatoms. The number of fused-ring (bicyclic) bond motifs is 1. The average molecular weight is 534 g/mol. The van der Waals surface area contributed by atoms with Crippen LogP contribution in [0, 0.1) is 6.92 Å². The lowest BCUT2D eigenvalue weighted by Crippen LogP contribution is -2.46. The van der Waals surface area contributed by atoms with Crippen molar-refractivity contribution >= 4 is 34.2 Å². The third-order valence-corrected chi connectivity index (χ3v) is 7.85. The fourth-order valence-corrected chi connectivity index (χ4v) is 5.72. The molecule has 2 aromatic carbocycles. The van der Waals surface area contributed by atoms with Gasteiger partial charge in [-0.3, -0.25) is 9.59 Å². The van der Waals surface area contributed by atoms with E-state index in [0.29, 0.717) is 18.7 Å². The van der Waals surface area contributed by atoms with E-state index in [0.717, 1.165) is 40.1 Å². The molecule has 4 aromatic rings. The van der Waals surface area contributed by atoms with Gasteiger partial charge in [-0.1, -0.05) is 29.5 Å². The van der Waals surface area contributed by atoms with Crippen molar-refractivity contribution in [1.82, 2.24) is 25.2 Å². The number of nitrogens with zero attached hydrogens (tertiary/aromatic N) is 4. The predicted molar refractivity (Wildman–Crippen MR) is 145 cm³/mol. The molecule has 1 aliphatic rings. The molecule has 198 valence electrons. The first-order valence-corrected chi connectivity index (χ1v) is 13.6. The number of ether oxygens (including phenoxy) is 2. The number of thiophene rings is 1. The fraction of sp³-hybridized carbons (Fsp3) is 0.357. The number of benzene rings is 2. The summed E-state index contributed by atoms with van der Waals surface area (Å²) in [5, 5.41) is 13.4. The number of rotatable bonds is 10. The van der Waals surface area contributed by atoms with Crippen LogP contribution in [0.15, 0.2) is 60.0 Å². The smallest absolute Gasteiger partial charge is 0.248 e. The molecule has 0 spiro atoms. The van der Waals surface area contributed by atoms with Crippen molar-refractivity contribution < 1.29 is 19.1 Å². The molecule has 0 radical (unpaired) electrons. The number of para-hydroxylation sites is 1. The van der Waals surface area contributed by atoms with Gasteiger partial charge in [-0.15, -0.1) is 16.4 Å². The summed E-state index contributed by atoms with van der Waals surface area (Å²) in [6.45, 7) is 3.29. The molecule has 0 aliphatic carbocycles. The van der Waals surface area contributed by atoms with Gasteiger partial charge in [0.25, 0.3) is 0 Å². The summed E-state index contributed by atoms with van der Waals surface area (Å²) in [5.41, 5.74) is 3.32. The number of carbonyl (C=O) groups is 2. The topological polar surface area (TPSA) is 98.6 Å². The van der Waals surface area contributed by atoms with Crippen molar-refractivity contribution in [3.8, 4) is 5.75 Å². The molecule has 5 rings (SSSR count). The van der Waals surface area contributed by atoms with Gasteiger partial charge in [0.1, 0.15) is 23.9 Å². The lowest BCUT2D eigenvalue weighted by molar-refractivity contribution is -0.142. The monoisotopic (exact) mass is 533 g/mol. The molecule has 1 fully saturated rings. The Balaban J connectivity index is 1.48. The highest BCUT2D eigenvalue weighted by Gasteiger charge is 2.34. The van der Waals surface area contributed by atoms with Crippen molar-refractivity contribution in [3.63, 3.8) is 0 Å². The minimum absolute atomic E-state index is 0.00344. The van der Waals surface area contributed by atoms with E-state index in [1.807, 2.05) is 66.9 Å². The largest absolute Gasteiger partial charge is 0.497 e. The number of nitrogens with one attached hydrogen (secondary N) is 1. The second kappa shape index (κ2) is 11.7. The lowest BCUT2D eigenvalue weighted by atomic mass is 10.1. The molecular weight excluding hydrogens is 502 g/mol. The van der Waals surface area contributed by atoms with Crippen LogP contribution in [0.3, 0.4) is 0 Å². The third-order valence-electron chi connectivity index (χ3n) is 6.78. The first-order chi connectivity index (χ1) is 18.5.